The molecule has 0 saturated heterocycles. The van der Waals surface area contributed by atoms with Crippen LogP contribution in [0.1, 0.15) is 5.56 Å². The molecule has 0 aliphatic rings. The fourth-order valence-electron chi connectivity index (χ4n) is 1.66. The highest BCUT2D eigenvalue weighted by molar-refractivity contribution is 5.59. The summed E-state index contributed by atoms with van der Waals surface area (Å²) in [5, 5.41) is 11.5. The fraction of sp³-hybridized carbons (Fsp3) is 0.455. The van der Waals surface area contributed by atoms with Crippen molar-refractivity contribution in [1.82, 2.24) is 0 Å². The summed E-state index contributed by atoms with van der Waals surface area (Å²) in [7, 11) is 2.23. The monoisotopic (exact) mass is 321 g/mol. The lowest BCUT2D eigenvalue weighted by molar-refractivity contribution is -0.377. The van der Waals surface area contributed by atoms with Crippen molar-refractivity contribution in [3.63, 3.8) is 0 Å². The van der Waals surface area contributed by atoms with Gasteiger partial charge in [-0.1, -0.05) is 0 Å². The van der Waals surface area contributed by atoms with Crippen LogP contribution in [0.3, 0.4) is 0 Å². The number of alkyl halides is 6. The van der Waals surface area contributed by atoms with Gasteiger partial charge in [-0.25, -0.2) is 4.39 Å². The van der Waals surface area contributed by atoms with E-state index in [-0.39, 0.29) is 11.8 Å². The third-order valence-corrected chi connectivity index (χ3v) is 2.77. The Morgan fingerprint density at radius 2 is 1.52 bits per heavy atom. The molecule has 21 heavy (non-hydrogen) atoms. The second-order valence-electron chi connectivity index (χ2n) is 3.99. The molecule has 10 heteroatoms. The summed E-state index contributed by atoms with van der Waals surface area (Å²) in [6, 6.07) is 0.527. The predicted octanol–water partition coefficient (Wildman–Crippen LogP) is 3.19. The topological polar surface area (TPSA) is 41.5 Å². The Hall–Kier alpha value is -1.71. The van der Waals surface area contributed by atoms with Gasteiger partial charge in [0.25, 0.3) is 5.60 Å². The average molecular weight is 321 g/mol. The van der Waals surface area contributed by atoms with E-state index in [1.165, 1.54) is 7.05 Å². The molecule has 3 nitrogen and oxygen atoms in total. The van der Waals surface area contributed by atoms with Crippen LogP contribution in [0.5, 0.6) is 5.75 Å². The highest BCUT2D eigenvalue weighted by Crippen LogP contribution is 2.51. The zero-order chi connectivity index (χ0) is 16.6. The molecular weight excluding hydrogens is 311 g/mol. The van der Waals surface area contributed by atoms with E-state index < -0.39 is 35.1 Å². The van der Waals surface area contributed by atoms with Crippen molar-refractivity contribution < 1.29 is 40.6 Å². The molecule has 0 saturated carbocycles. The van der Waals surface area contributed by atoms with E-state index in [4.69, 9.17) is 5.11 Å². The molecule has 0 radical (unpaired) electrons. The first-order valence-corrected chi connectivity index (χ1v) is 5.31. The molecule has 0 unspecified atom stereocenters. The Morgan fingerprint density at radius 3 is 1.86 bits per heavy atom. The maximum atomic E-state index is 13.7. The Balaban J connectivity index is 3.69. The number of methoxy groups -OCH3 is 1. The Kier molecular flexibility index (Phi) is 4.33. The van der Waals surface area contributed by atoms with Gasteiger partial charge >= 0.3 is 12.4 Å². The quantitative estimate of drug-likeness (QED) is 0.840. The van der Waals surface area contributed by atoms with Crippen molar-refractivity contribution >= 4 is 5.69 Å². The summed E-state index contributed by atoms with van der Waals surface area (Å²) in [4.78, 5) is 0. The normalized spacial score (nSPS) is 13.2. The molecule has 120 valence electrons. The first-order chi connectivity index (χ1) is 9.40. The van der Waals surface area contributed by atoms with E-state index in [0.717, 1.165) is 7.11 Å². The van der Waals surface area contributed by atoms with Gasteiger partial charge in [-0.2, -0.15) is 26.3 Å². The van der Waals surface area contributed by atoms with Crippen molar-refractivity contribution in [2.45, 2.75) is 18.0 Å². The smallest absolute Gasteiger partial charge is 0.430 e. The van der Waals surface area contributed by atoms with Crippen molar-refractivity contribution in [2.24, 2.45) is 0 Å². The molecule has 0 fully saturated rings. The predicted molar refractivity (Wildman–Crippen MR) is 58.5 cm³/mol. The SMILES string of the molecule is CNc1cc(F)c(C(O)(C(F)(F)F)C(F)(F)F)cc1OC. The van der Waals surface area contributed by atoms with Crippen LogP contribution in [0.2, 0.25) is 0 Å². The summed E-state index contributed by atoms with van der Waals surface area (Å²) in [5.74, 6) is -2.36. The van der Waals surface area contributed by atoms with Crippen molar-refractivity contribution in [3.8, 4) is 5.75 Å². The van der Waals surface area contributed by atoms with E-state index in [9.17, 15) is 30.7 Å². The third kappa shape index (κ3) is 2.71. The van der Waals surface area contributed by atoms with Crippen molar-refractivity contribution in [2.75, 3.05) is 19.5 Å². The number of hydrogen-bond donors (Lipinski definition) is 2. The first-order valence-electron chi connectivity index (χ1n) is 5.31. The number of benzene rings is 1. The molecule has 0 spiro atoms. The van der Waals surface area contributed by atoms with Gasteiger partial charge in [0, 0.05) is 18.7 Å². The third-order valence-electron chi connectivity index (χ3n) is 2.77. The van der Waals surface area contributed by atoms with Crippen LogP contribution in [-0.4, -0.2) is 31.6 Å². The van der Waals surface area contributed by atoms with E-state index in [0.29, 0.717) is 6.07 Å². The average Bonchev–Trinajstić information content (AvgIpc) is 2.34. The van der Waals surface area contributed by atoms with E-state index in [1.54, 1.807) is 0 Å². The lowest BCUT2D eigenvalue weighted by Crippen LogP contribution is -2.54. The molecule has 0 aliphatic carbocycles. The van der Waals surface area contributed by atoms with E-state index >= 15 is 0 Å². The maximum absolute atomic E-state index is 13.7. The molecule has 0 heterocycles. The molecule has 2 N–H and O–H groups in total. The van der Waals surface area contributed by atoms with Gasteiger partial charge in [0.2, 0.25) is 0 Å². The molecule has 0 aliphatic heterocycles. The maximum Gasteiger partial charge on any atom is 0.430 e. The molecule has 1 aromatic rings. The zero-order valence-electron chi connectivity index (χ0n) is 10.7. The van der Waals surface area contributed by atoms with Crippen LogP contribution in [0.4, 0.5) is 36.4 Å². The van der Waals surface area contributed by atoms with Gasteiger partial charge < -0.3 is 15.2 Å². The molecular formula is C11H10F7NO2. The molecule has 0 atom stereocenters. The van der Waals surface area contributed by atoms with Gasteiger partial charge in [-0.05, 0) is 6.07 Å². The van der Waals surface area contributed by atoms with Gasteiger partial charge in [0.05, 0.1) is 12.8 Å². The minimum atomic E-state index is -6.17. The second kappa shape index (κ2) is 5.24. The van der Waals surface area contributed by atoms with Gasteiger partial charge in [-0.15, -0.1) is 0 Å². The van der Waals surface area contributed by atoms with Crippen LogP contribution >= 0.6 is 0 Å². The van der Waals surface area contributed by atoms with E-state index in [2.05, 4.69) is 10.1 Å². The fourth-order valence-corrected chi connectivity index (χ4v) is 1.66. The van der Waals surface area contributed by atoms with Crippen LogP contribution in [0.25, 0.3) is 0 Å². The zero-order valence-corrected chi connectivity index (χ0v) is 10.7. The van der Waals surface area contributed by atoms with Crippen LogP contribution in [-0.2, 0) is 5.60 Å². The van der Waals surface area contributed by atoms with Crippen LogP contribution in [0.15, 0.2) is 12.1 Å². The summed E-state index contributed by atoms with van der Waals surface area (Å²) in [6.07, 6.45) is -12.3. The summed E-state index contributed by atoms with van der Waals surface area (Å²) < 4.78 is 94.4. The van der Waals surface area contributed by atoms with Crippen molar-refractivity contribution in [3.05, 3.63) is 23.5 Å². The number of ether oxygens (including phenoxy) is 1. The number of hydrogen-bond acceptors (Lipinski definition) is 3. The number of halogens is 7. The first kappa shape index (κ1) is 17.3. The van der Waals surface area contributed by atoms with Crippen molar-refractivity contribution in [1.29, 1.82) is 0 Å². The molecule has 0 aromatic heterocycles. The highest BCUT2D eigenvalue weighted by atomic mass is 19.4. The number of aliphatic hydroxyl groups is 1. The van der Waals surface area contributed by atoms with Crippen LogP contribution in [0, 0.1) is 5.82 Å². The molecule has 0 amide bonds. The second-order valence-corrected chi connectivity index (χ2v) is 3.99. The number of nitrogens with one attached hydrogen (secondary N) is 1. The lowest BCUT2D eigenvalue weighted by atomic mass is 9.91. The van der Waals surface area contributed by atoms with Gasteiger partial charge in [0.15, 0.2) is 0 Å². The number of anilines is 1. The summed E-state index contributed by atoms with van der Waals surface area (Å²) >= 11 is 0. The van der Waals surface area contributed by atoms with Gasteiger partial charge in [-0.3, -0.25) is 0 Å². The van der Waals surface area contributed by atoms with Gasteiger partial charge in [0.1, 0.15) is 11.6 Å². The Bertz CT molecular complexity index is 511. The van der Waals surface area contributed by atoms with Crippen LogP contribution < -0.4 is 10.1 Å². The number of rotatable bonds is 3. The largest absolute Gasteiger partial charge is 0.495 e. The van der Waals surface area contributed by atoms with E-state index in [1.807, 2.05) is 0 Å². The molecule has 1 aromatic carbocycles. The Labute approximate surface area is 114 Å². The molecule has 0 bridgehead atoms. The molecule has 1 rings (SSSR count). The Morgan fingerprint density at radius 1 is 1.05 bits per heavy atom. The minimum absolute atomic E-state index is 0.155. The highest BCUT2D eigenvalue weighted by Gasteiger charge is 2.72. The lowest BCUT2D eigenvalue weighted by Gasteiger charge is -2.33. The minimum Gasteiger partial charge on any atom is -0.495 e. The standard InChI is InChI=1S/C11H10F7NO2/c1-19-7-4-6(12)5(3-8(7)21-2)9(20,10(13,14)15)11(16,17)18/h3-4,19-20H,1-2H3. The summed E-state index contributed by atoms with van der Waals surface area (Å²) in [6.45, 7) is 0. The summed E-state index contributed by atoms with van der Waals surface area (Å²) in [5.41, 5.74) is -7.51.